The molecule has 0 bridgehead atoms. The van der Waals surface area contributed by atoms with Crippen molar-refractivity contribution in [1.82, 2.24) is 38.9 Å². The van der Waals surface area contributed by atoms with Gasteiger partial charge in [0.1, 0.15) is 0 Å². The van der Waals surface area contributed by atoms with Crippen molar-refractivity contribution in [3.63, 3.8) is 0 Å². The first kappa shape index (κ1) is 18.1. The first-order chi connectivity index (χ1) is 13.5. The number of nitrogens with zero attached hydrogens (tertiary/aromatic N) is 8. The van der Waals surface area contributed by atoms with Gasteiger partial charge in [-0.05, 0) is 35.9 Å². The fourth-order valence-electron chi connectivity index (χ4n) is 3.02. The Morgan fingerprint density at radius 1 is 1.07 bits per heavy atom. The van der Waals surface area contributed by atoms with E-state index >= 15 is 0 Å². The summed E-state index contributed by atoms with van der Waals surface area (Å²) in [6, 6.07) is 7.15. The lowest BCUT2D eigenvalue weighted by Crippen LogP contribution is -2.39. The summed E-state index contributed by atoms with van der Waals surface area (Å²) < 4.78 is 4.20. The van der Waals surface area contributed by atoms with Crippen molar-refractivity contribution in [2.24, 2.45) is 14.1 Å². The third-order valence-electron chi connectivity index (χ3n) is 4.50. The van der Waals surface area contributed by atoms with E-state index in [2.05, 4.69) is 20.4 Å². The molecule has 0 aliphatic rings. The van der Waals surface area contributed by atoms with E-state index in [1.165, 1.54) is 20.3 Å². The molecule has 0 spiro atoms. The topological polar surface area (TPSA) is 105 Å². The molecule has 4 aromatic rings. The van der Waals surface area contributed by atoms with E-state index in [0.29, 0.717) is 35.0 Å². The van der Waals surface area contributed by atoms with Crippen LogP contribution in [0.2, 0.25) is 5.02 Å². The van der Waals surface area contributed by atoms with E-state index in [4.69, 9.17) is 11.6 Å². The van der Waals surface area contributed by atoms with Crippen LogP contribution in [0.3, 0.4) is 0 Å². The Morgan fingerprint density at radius 3 is 2.57 bits per heavy atom. The van der Waals surface area contributed by atoms with Gasteiger partial charge in [-0.25, -0.2) is 9.78 Å². The predicted molar refractivity (Wildman–Crippen MR) is 103 cm³/mol. The molecule has 0 aliphatic carbocycles. The van der Waals surface area contributed by atoms with Crippen molar-refractivity contribution in [2.75, 3.05) is 0 Å². The zero-order valence-electron chi connectivity index (χ0n) is 15.3. The summed E-state index contributed by atoms with van der Waals surface area (Å²) in [5.74, 6) is 0.487. The van der Waals surface area contributed by atoms with Crippen LogP contribution >= 0.6 is 11.6 Å². The molecule has 11 heteroatoms. The lowest BCUT2D eigenvalue weighted by atomic mass is 10.2. The highest BCUT2D eigenvalue weighted by molar-refractivity contribution is 6.30. The van der Waals surface area contributed by atoms with Crippen LogP contribution < -0.4 is 11.2 Å². The van der Waals surface area contributed by atoms with Crippen LogP contribution in [0.15, 0.2) is 40.2 Å². The number of hydrogen-bond donors (Lipinski definition) is 0. The first-order valence-electron chi connectivity index (χ1n) is 8.60. The molecule has 0 fully saturated rings. The van der Waals surface area contributed by atoms with E-state index in [-0.39, 0.29) is 12.1 Å². The Labute approximate surface area is 163 Å². The highest BCUT2D eigenvalue weighted by atomic mass is 35.5. The van der Waals surface area contributed by atoms with Crippen LogP contribution in [-0.4, -0.2) is 38.9 Å². The molecule has 0 saturated heterocycles. The van der Waals surface area contributed by atoms with Crippen LogP contribution in [0.25, 0.3) is 22.6 Å². The number of hydrogen-bond acceptors (Lipinski definition) is 6. The lowest BCUT2D eigenvalue weighted by Gasteiger charge is -2.08. The van der Waals surface area contributed by atoms with Gasteiger partial charge in [0.15, 0.2) is 11.2 Å². The van der Waals surface area contributed by atoms with Gasteiger partial charge in [-0.3, -0.25) is 13.9 Å². The van der Waals surface area contributed by atoms with E-state index in [9.17, 15) is 9.59 Å². The van der Waals surface area contributed by atoms with Crippen molar-refractivity contribution < 1.29 is 0 Å². The molecule has 4 rings (SSSR count). The highest BCUT2D eigenvalue weighted by Gasteiger charge is 2.14. The molecule has 3 aromatic heterocycles. The van der Waals surface area contributed by atoms with Gasteiger partial charge >= 0.3 is 5.69 Å². The Balaban J connectivity index is 1.52. The van der Waals surface area contributed by atoms with E-state index < -0.39 is 5.69 Å². The zero-order chi connectivity index (χ0) is 19.8. The number of aromatic nitrogens is 8. The maximum absolute atomic E-state index is 12.7. The van der Waals surface area contributed by atoms with Crippen LogP contribution in [0.5, 0.6) is 0 Å². The highest BCUT2D eigenvalue weighted by Crippen LogP contribution is 2.16. The molecule has 28 heavy (non-hydrogen) atoms. The monoisotopic (exact) mass is 400 g/mol. The summed E-state index contributed by atoms with van der Waals surface area (Å²) in [5, 5.41) is 13.0. The maximum atomic E-state index is 12.7. The minimum atomic E-state index is -0.399. The largest absolute Gasteiger partial charge is 0.332 e. The number of halogens is 1. The summed E-state index contributed by atoms with van der Waals surface area (Å²) in [6.07, 6.45) is 2.02. The van der Waals surface area contributed by atoms with E-state index in [1.54, 1.807) is 30.8 Å². The average Bonchev–Trinajstić information content (AvgIpc) is 3.30. The first-order valence-corrected chi connectivity index (χ1v) is 8.98. The van der Waals surface area contributed by atoms with Crippen molar-refractivity contribution in [2.45, 2.75) is 19.5 Å². The number of fused-ring (bicyclic) bond motifs is 1. The summed E-state index contributed by atoms with van der Waals surface area (Å²) in [5.41, 5.74) is 0.823. The average molecular weight is 401 g/mol. The number of imidazole rings is 1. The standard InChI is InChI=1S/C17H17ClN8O2/c1-23-10-19-15-13(23)16(27)25(17(28)24(15)2)8-3-9-26-21-14(20-22-26)11-4-6-12(18)7-5-11/h4-7,10H,3,8-9H2,1-2H3. The number of rotatable bonds is 5. The lowest BCUT2D eigenvalue weighted by molar-refractivity contribution is 0.457. The fraction of sp³-hybridized carbons (Fsp3) is 0.294. The van der Waals surface area contributed by atoms with Gasteiger partial charge in [0.05, 0.1) is 12.9 Å². The van der Waals surface area contributed by atoms with Crippen LogP contribution in [-0.2, 0) is 27.2 Å². The van der Waals surface area contributed by atoms with Crippen molar-refractivity contribution >= 4 is 22.8 Å². The van der Waals surface area contributed by atoms with Gasteiger partial charge in [-0.1, -0.05) is 11.6 Å². The van der Waals surface area contributed by atoms with Gasteiger partial charge in [0.25, 0.3) is 5.56 Å². The van der Waals surface area contributed by atoms with Crippen LogP contribution in [0, 0.1) is 0 Å². The van der Waals surface area contributed by atoms with E-state index in [0.717, 1.165) is 5.56 Å². The minimum Gasteiger partial charge on any atom is -0.328 e. The van der Waals surface area contributed by atoms with Gasteiger partial charge < -0.3 is 4.57 Å². The summed E-state index contributed by atoms with van der Waals surface area (Å²) in [4.78, 5) is 30.7. The summed E-state index contributed by atoms with van der Waals surface area (Å²) in [7, 11) is 3.33. The van der Waals surface area contributed by atoms with Crippen molar-refractivity contribution in [3.05, 3.63) is 56.5 Å². The number of tetrazole rings is 1. The third-order valence-corrected chi connectivity index (χ3v) is 4.75. The molecule has 0 N–H and O–H groups in total. The van der Waals surface area contributed by atoms with Gasteiger partial charge in [0, 0.05) is 31.2 Å². The molecular weight excluding hydrogens is 384 g/mol. The second-order valence-corrected chi connectivity index (χ2v) is 6.83. The molecule has 144 valence electrons. The molecule has 0 unspecified atom stereocenters. The van der Waals surface area contributed by atoms with Crippen LogP contribution in [0.1, 0.15) is 6.42 Å². The number of benzene rings is 1. The maximum Gasteiger partial charge on any atom is 0.332 e. The normalized spacial score (nSPS) is 11.4. The van der Waals surface area contributed by atoms with Crippen LogP contribution in [0.4, 0.5) is 0 Å². The second kappa shape index (κ2) is 7.04. The molecular formula is C17H17ClN8O2. The Kier molecular flexibility index (Phi) is 4.55. The molecule has 0 atom stereocenters. The predicted octanol–water partition coefficient (Wildman–Crippen LogP) is 0.831. The minimum absolute atomic E-state index is 0.241. The third kappa shape index (κ3) is 3.11. The summed E-state index contributed by atoms with van der Waals surface area (Å²) in [6.45, 7) is 0.657. The summed E-state index contributed by atoms with van der Waals surface area (Å²) >= 11 is 5.88. The fourth-order valence-corrected chi connectivity index (χ4v) is 3.14. The number of aryl methyl sites for hydroxylation is 3. The Hall–Kier alpha value is -3.27. The quantitative estimate of drug-likeness (QED) is 0.491. The van der Waals surface area contributed by atoms with Crippen molar-refractivity contribution in [3.8, 4) is 11.4 Å². The molecule has 0 aliphatic heterocycles. The molecule has 1 aromatic carbocycles. The second-order valence-electron chi connectivity index (χ2n) is 6.40. The Morgan fingerprint density at radius 2 is 1.82 bits per heavy atom. The molecule has 10 nitrogen and oxygen atoms in total. The molecule has 3 heterocycles. The van der Waals surface area contributed by atoms with Gasteiger partial charge in [-0.2, -0.15) is 4.80 Å². The van der Waals surface area contributed by atoms with Crippen molar-refractivity contribution in [1.29, 1.82) is 0 Å². The molecule has 0 radical (unpaired) electrons. The van der Waals surface area contributed by atoms with Gasteiger partial charge in [-0.15, -0.1) is 10.2 Å². The van der Waals surface area contributed by atoms with Gasteiger partial charge in [0.2, 0.25) is 5.82 Å². The van der Waals surface area contributed by atoms with E-state index in [1.807, 2.05) is 12.1 Å². The molecule has 0 amide bonds. The smallest absolute Gasteiger partial charge is 0.328 e. The Bertz CT molecular complexity index is 1270. The zero-order valence-corrected chi connectivity index (χ0v) is 16.0. The SMILES string of the molecule is Cn1cnc2c1c(=O)n(CCCn1nnc(-c3ccc(Cl)cc3)n1)c(=O)n2C. The molecule has 0 saturated carbocycles.